The van der Waals surface area contributed by atoms with Crippen molar-refractivity contribution >= 4 is 20.8 Å². The molecule has 0 fully saturated rings. The van der Waals surface area contributed by atoms with Crippen LogP contribution in [0.3, 0.4) is 0 Å². The van der Waals surface area contributed by atoms with Gasteiger partial charge in [0, 0.05) is 28.8 Å². The van der Waals surface area contributed by atoms with E-state index in [4.69, 9.17) is 10.2 Å². The number of rotatable bonds is 4. The van der Waals surface area contributed by atoms with Crippen molar-refractivity contribution in [2.24, 2.45) is 5.73 Å². The summed E-state index contributed by atoms with van der Waals surface area (Å²) in [6.45, 7) is 2.02. The van der Waals surface area contributed by atoms with Gasteiger partial charge in [0.25, 0.3) is 0 Å². The molecule has 17 heavy (non-hydrogen) atoms. The fourth-order valence-corrected chi connectivity index (χ4v) is 2.68. The highest BCUT2D eigenvalue weighted by Crippen LogP contribution is 2.25. The lowest BCUT2D eigenvalue weighted by Crippen LogP contribution is -2.06. The highest BCUT2D eigenvalue weighted by Gasteiger charge is 2.15. The van der Waals surface area contributed by atoms with Crippen molar-refractivity contribution in [1.82, 2.24) is 0 Å². The van der Waals surface area contributed by atoms with Crippen LogP contribution in [-0.2, 0) is 22.1 Å². The van der Waals surface area contributed by atoms with Gasteiger partial charge in [0.1, 0.15) is 5.58 Å². The number of benzene rings is 1. The Morgan fingerprint density at radius 2 is 2.06 bits per heavy atom. The second-order valence-corrected chi connectivity index (χ2v) is 6.29. The maximum Gasteiger partial charge on any atom is 0.154 e. The monoisotopic (exact) mass is 253 g/mol. The summed E-state index contributed by atoms with van der Waals surface area (Å²) in [4.78, 5) is 0. The molecule has 0 amide bonds. The second kappa shape index (κ2) is 4.50. The summed E-state index contributed by atoms with van der Waals surface area (Å²) in [6, 6.07) is 5.60. The molecule has 92 valence electrons. The number of para-hydroxylation sites is 1. The normalized spacial score (nSPS) is 12.1. The first-order valence-electron chi connectivity index (χ1n) is 5.46. The molecule has 1 aromatic heterocycles. The van der Waals surface area contributed by atoms with E-state index < -0.39 is 9.84 Å². The first-order chi connectivity index (χ1) is 8.07. The van der Waals surface area contributed by atoms with Gasteiger partial charge in [-0.15, -0.1) is 0 Å². The summed E-state index contributed by atoms with van der Waals surface area (Å²) in [5.74, 6) is 0.154. The van der Waals surface area contributed by atoms with Crippen LogP contribution in [0.5, 0.6) is 0 Å². The summed E-state index contributed by atoms with van der Waals surface area (Å²) in [5, 5.41) is 0.838. The molecular weight excluding hydrogens is 238 g/mol. The predicted octanol–water partition coefficient (Wildman–Crippen LogP) is 1.83. The minimum absolute atomic E-state index is 0.0184. The van der Waals surface area contributed by atoms with Crippen LogP contribution in [0.1, 0.15) is 18.1 Å². The Hall–Kier alpha value is -1.33. The topological polar surface area (TPSA) is 73.3 Å². The Bertz CT molecular complexity index is 628. The maximum absolute atomic E-state index is 11.6. The van der Waals surface area contributed by atoms with Gasteiger partial charge in [0.15, 0.2) is 9.84 Å². The molecule has 0 saturated carbocycles. The molecule has 0 aliphatic carbocycles. The van der Waals surface area contributed by atoms with E-state index in [2.05, 4.69) is 0 Å². The number of fused-ring (bicyclic) bond motifs is 1. The van der Waals surface area contributed by atoms with Crippen molar-refractivity contribution in [1.29, 1.82) is 0 Å². The van der Waals surface area contributed by atoms with Crippen LogP contribution in [0.15, 0.2) is 28.9 Å². The van der Waals surface area contributed by atoms with Gasteiger partial charge < -0.3 is 10.2 Å². The molecule has 0 unspecified atom stereocenters. The lowest BCUT2D eigenvalue weighted by molar-refractivity contribution is 0.592. The Kier molecular flexibility index (Phi) is 3.22. The molecule has 0 radical (unpaired) electrons. The van der Waals surface area contributed by atoms with Crippen LogP contribution >= 0.6 is 0 Å². The third kappa shape index (κ3) is 2.35. The highest BCUT2D eigenvalue weighted by atomic mass is 32.2. The zero-order valence-corrected chi connectivity index (χ0v) is 10.5. The van der Waals surface area contributed by atoms with E-state index in [1.165, 1.54) is 6.26 Å². The molecule has 4 nitrogen and oxygen atoms in total. The summed E-state index contributed by atoms with van der Waals surface area (Å²) in [6.07, 6.45) is 1.51. The van der Waals surface area contributed by atoms with Crippen LogP contribution in [-0.4, -0.2) is 14.2 Å². The number of nitrogens with two attached hydrogens (primary N) is 1. The number of hydrogen-bond acceptors (Lipinski definition) is 4. The molecule has 1 heterocycles. The molecule has 0 aliphatic rings. The smallest absolute Gasteiger partial charge is 0.154 e. The van der Waals surface area contributed by atoms with Gasteiger partial charge in [-0.3, -0.25) is 0 Å². The third-order valence-electron chi connectivity index (χ3n) is 2.80. The first kappa shape index (κ1) is 12.1. The average Bonchev–Trinajstić information content (AvgIpc) is 2.72. The van der Waals surface area contributed by atoms with Gasteiger partial charge in [-0.1, -0.05) is 25.1 Å². The quantitative estimate of drug-likeness (QED) is 0.902. The third-order valence-corrected chi connectivity index (χ3v) is 4.43. The van der Waals surface area contributed by atoms with E-state index in [-0.39, 0.29) is 11.5 Å². The Labute approximate surface area is 100 Å². The van der Waals surface area contributed by atoms with E-state index in [0.29, 0.717) is 17.7 Å². The van der Waals surface area contributed by atoms with Gasteiger partial charge in [-0.25, -0.2) is 8.42 Å². The van der Waals surface area contributed by atoms with E-state index in [0.717, 1.165) is 10.9 Å². The Balaban J connectivity index is 2.51. The number of hydrogen-bond donors (Lipinski definition) is 1. The maximum atomic E-state index is 11.6. The van der Waals surface area contributed by atoms with E-state index in [1.54, 1.807) is 6.92 Å². The molecule has 0 spiro atoms. The first-order valence-corrected chi connectivity index (χ1v) is 7.28. The summed E-state index contributed by atoms with van der Waals surface area (Å²) < 4.78 is 28.6. The standard InChI is InChI=1S/C12H15NO3S/c1-2-17(14,15)8-10-7-16-12-9(6-13)4-3-5-11(10)12/h3-5,7H,2,6,8,13H2,1H3. The van der Waals surface area contributed by atoms with Gasteiger partial charge in [-0.05, 0) is 0 Å². The van der Waals surface area contributed by atoms with Gasteiger partial charge >= 0.3 is 0 Å². The zero-order valence-electron chi connectivity index (χ0n) is 9.64. The van der Waals surface area contributed by atoms with Gasteiger partial charge in [-0.2, -0.15) is 0 Å². The molecule has 0 saturated heterocycles. The Morgan fingerprint density at radius 3 is 2.71 bits per heavy atom. The van der Waals surface area contributed by atoms with Crippen molar-refractivity contribution in [3.8, 4) is 0 Å². The molecular formula is C12H15NO3S. The lowest BCUT2D eigenvalue weighted by Gasteiger charge is -2.00. The largest absolute Gasteiger partial charge is 0.464 e. The van der Waals surface area contributed by atoms with E-state index >= 15 is 0 Å². The van der Waals surface area contributed by atoms with Gasteiger partial charge in [0.05, 0.1) is 12.0 Å². The van der Waals surface area contributed by atoms with E-state index in [9.17, 15) is 8.42 Å². The molecule has 0 atom stereocenters. The van der Waals surface area contributed by atoms with Crippen molar-refractivity contribution in [3.05, 3.63) is 35.6 Å². The molecule has 2 N–H and O–H groups in total. The second-order valence-electron chi connectivity index (χ2n) is 3.94. The summed E-state index contributed by atoms with van der Waals surface area (Å²) in [7, 11) is -3.04. The fraction of sp³-hybridized carbons (Fsp3) is 0.333. The highest BCUT2D eigenvalue weighted by molar-refractivity contribution is 7.90. The van der Waals surface area contributed by atoms with Crippen LogP contribution in [0.4, 0.5) is 0 Å². The fourth-order valence-electron chi connectivity index (χ4n) is 1.78. The van der Waals surface area contributed by atoms with E-state index in [1.807, 2.05) is 18.2 Å². The predicted molar refractivity (Wildman–Crippen MR) is 67.3 cm³/mol. The molecule has 5 heteroatoms. The average molecular weight is 253 g/mol. The molecule has 2 rings (SSSR count). The van der Waals surface area contributed by atoms with Crippen LogP contribution in [0.25, 0.3) is 11.0 Å². The molecule has 1 aromatic carbocycles. The number of sulfone groups is 1. The Morgan fingerprint density at radius 1 is 1.29 bits per heavy atom. The summed E-state index contributed by atoms with van der Waals surface area (Å²) in [5.41, 5.74) is 7.89. The lowest BCUT2D eigenvalue weighted by atomic mass is 10.1. The van der Waals surface area contributed by atoms with Crippen molar-refractivity contribution in [2.75, 3.05) is 5.75 Å². The van der Waals surface area contributed by atoms with Crippen LogP contribution < -0.4 is 5.73 Å². The molecule has 0 aliphatic heterocycles. The van der Waals surface area contributed by atoms with Crippen molar-refractivity contribution in [2.45, 2.75) is 19.2 Å². The van der Waals surface area contributed by atoms with Crippen LogP contribution in [0.2, 0.25) is 0 Å². The molecule has 0 bridgehead atoms. The molecule has 2 aromatic rings. The SMILES string of the molecule is CCS(=O)(=O)Cc1coc2c(CN)cccc12. The van der Waals surface area contributed by atoms with Crippen molar-refractivity contribution in [3.63, 3.8) is 0 Å². The minimum atomic E-state index is -3.04. The number of furan rings is 1. The minimum Gasteiger partial charge on any atom is -0.464 e. The van der Waals surface area contributed by atoms with Crippen molar-refractivity contribution < 1.29 is 12.8 Å². The zero-order chi connectivity index (χ0) is 12.5. The van der Waals surface area contributed by atoms with Crippen LogP contribution in [0, 0.1) is 0 Å². The summed E-state index contributed by atoms with van der Waals surface area (Å²) >= 11 is 0. The van der Waals surface area contributed by atoms with Gasteiger partial charge in [0.2, 0.25) is 0 Å².